The Morgan fingerprint density at radius 1 is 0.966 bits per heavy atom. The Kier molecular flexibility index (Phi) is 4.68. The Morgan fingerprint density at radius 2 is 1.62 bits per heavy atom. The zero-order valence-electron chi connectivity index (χ0n) is 15.1. The van der Waals surface area contributed by atoms with Crippen molar-refractivity contribution in [3.63, 3.8) is 0 Å². The molecule has 0 aliphatic carbocycles. The van der Waals surface area contributed by atoms with Gasteiger partial charge in [-0.3, -0.25) is 4.79 Å². The predicted octanol–water partition coefficient (Wildman–Crippen LogP) is 4.76. The molecule has 144 valence electrons. The highest BCUT2D eigenvalue weighted by atomic mass is 19.1. The molecule has 0 saturated carbocycles. The second-order valence-electron chi connectivity index (χ2n) is 6.66. The van der Waals surface area contributed by atoms with Gasteiger partial charge in [0.05, 0.1) is 10.9 Å². The second kappa shape index (κ2) is 7.31. The summed E-state index contributed by atoms with van der Waals surface area (Å²) >= 11 is 0. The van der Waals surface area contributed by atoms with E-state index in [2.05, 4.69) is 4.98 Å². The van der Waals surface area contributed by atoms with Crippen LogP contribution in [0.4, 0.5) is 8.78 Å². The van der Waals surface area contributed by atoms with Gasteiger partial charge in [0.25, 0.3) is 0 Å². The van der Waals surface area contributed by atoms with Crippen molar-refractivity contribution in [2.45, 2.75) is 6.42 Å². The van der Waals surface area contributed by atoms with Crippen molar-refractivity contribution in [1.29, 1.82) is 0 Å². The van der Waals surface area contributed by atoms with Crippen molar-refractivity contribution in [3.8, 4) is 11.1 Å². The van der Waals surface area contributed by atoms with Gasteiger partial charge in [-0.15, -0.1) is 0 Å². The number of hydrogen-bond acceptors (Lipinski definition) is 2. The Morgan fingerprint density at radius 3 is 2.28 bits per heavy atom. The number of carboxylic acid groups (broad SMARTS) is 1. The van der Waals surface area contributed by atoms with Gasteiger partial charge in [-0.2, -0.15) is 0 Å². The highest BCUT2D eigenvalue weighted by Crippen LogP contribution is 2.25. The summed E-state index contributed by atoms with van der Waals surface area (Å²) in [5.41, 5.74) is 0.865. The maximum absolute atomic E-state index is 14.9. The van der Waals surface area contributed by atoms with Crippen molar-refractivity contribution in [2.24, 2.45) is 0 Å². The zero-order chi connectivity index (χ0) is 20.5. The van der Waals surface area contributed by atoms with E-state index in [9.17, 15) is 18.4 Å². The number of fused-ring (bicyclic) bond motifs is 1. The lowest BCUT2D eigenvalue weighted by atomic mass is 9.98. The molecular weight excluding hydrogens is 376 g/mol. The van der Waals surface area contributed by atoms with Gasteiger partial charge in [-0.1, -0.05) is 54.6 Å². The smallest absolute Gasteiger partial charge is 0.341 e. The molecule has 0 radical (unpaired) electrons. The lowest BCUT2D eigenvalue weighted by Gasteiger charge is -2.09. The van der Waals surface area contributed by atoms with E-state index in [1.807, 2.05) is 54.6 Å². The van der Waals surface area contributed by atoms with Crippen LogP contribution in [0.3, 0.4) is 0 Å². The van der Waals surface area contributed by atoms with Crippen LogP contribution >= 0.6 is 0 Å². The Hall–Kier alpha value is -3.80. The first-order chi connectivity index (χ1) is 14.0. The number of pyridine rings is 1. The first kappa shape index (κ1) is 18.6. The minimum atomic E-state index is -1.50. The Labute approximate surface area is 164 Å². The fraction of sp³-hybridized carbons (Fsp3) is 0.0435. The van der Waals surface area contributed by atoms with E-state index in [0.29, 0.717) is 0 Å². The molecule has 1 heterocycles. The van der Waals surface area contributed by atoms with Gasteiger partial charge < -0.3 is 10.1 Å². The molecule has 0 bridgehead atoms. The molecule has 0 spiro atoms. The van der Waals surface area contributed by atoms with Gasteiger partial charge in [-0.05, 0) is 28.3 Å². The molecule has 4 rings (SSSR count). The molecule has 3 aromatic carbocycles. The minimum Gasteiger partial charge on any atom is -0.477 e. The van der Waals surface area contributed by atoms with Crippen LogP contribution in [0.5, 0.6) is 0 Å². The third kappa shape index (κ3) is 3.40. The highest BCUT2D eigenvalue weighted by Gasteiger charge is 2.19. The van der Waals surface area contributed by atoms with Gasteiger partial charge in [0.1, 0.15) is 11.4 Å². The maximum atomic E-state index is 14.9. The van der Waals surface area contributed by atoms with Gasteiger partial charge >= 0.3 is 5.97 Å². The molecule has 0 unspecified atom stereocenters. The van der Waals surface area contributed by atoms with Crippen LogP contribution in [-0.2, 0) is 6.42 Å². The van der Waals surface area contributed by atoms with Crippen molar-refractivity contribution in [1.82, 2.24) is 4.98 Å². The number of rotatable bonds is 4. The van der Waals surface area contributed by atoms with Crippen LogP contribution in [0.1, 0.15) is 21.5 Å². The van der Waals surface area contributed by atoms with Crippen molar-refractivity contribution in [3.05, 3.63) is 105 Å². The Balaban J connectivity index is 1.72. The molecule has 29 heavy (non-hydrogen) atoms. The number of nitrogens with one attached hydrogen (secondary N) is 1. The minimum absolute atomic E-state index is 0.0705. The number of hydrogen-bond donors (Lipinski definition) is 2. The largest absolute Gasteiger partial charge is 0.477 e. The third-order valence-corrected chi connectivity index (χ3v) is 4.81. The number of carboxylic acids is 1. The first-order valence-corrected chi connectivity index (χ1v) is 8.85. The van der Waals surface area contributed by atoms with Gasteiger partial charge in [0.2, 0.25) is 5.43 Å². The molecule has 1 aromatic heterocycles. The van der Waals surface area contributed by atoms with Gasteiger partial charge in [0, 0.05) is 12.6 Å². The number of aromatic carboxylic acids is 1. The molecule has 0 atom stereocenters. The number of H-pyrrole nitrogens is 1. The molecule has 0 aliphatic rings. The molecule has 6 heteroatoms. The summed E-state index contributed by atoms with van der Waals surface area (Å²) < 4.78 is 29.4. The van der Waals surface area contributed by atoms with E-state index < -0.39 is 34.0 Å². The number of benzene rings is 3. The first-order valence-electron chi connectivity index (χ1n) is 8.85. The van der Waals surface area contributed by atoms with E-state index in [0.717, 1.165) is 29.0 Å². The normalized spacial score (nSPS) is 11.0. The SMILES string of the molecule is O=C(O)c1c[nH]c2c(F)c(Cc3ccc(-c4ccccc4)cc3)cc(F)c2c1=O. The van der Waals surface area contributed by atoms with Crippen LogP contribution in [0.15, 0.2) is 71.7 Å². The fourth-order valence-corrected chi connectivity index (χ4v) is 3.33. The lowest BCUT2D eigenvalue weighted by Crippen LogP contribution is -2.17. The molecule has 0 amide bonds. The van der Waals surface area contributed by atoms with Gasteiger partial charge in [0.15, 0.2) is 5.82 Å². The van der Waals surface area contributed by atoms with Crippen molar-refractivity contribution >= 4 is 16.9 Å². The van der Waals surface area contributed by atoms with Crippen LogP contribution in [-0.4, -0.2) is 16.1 Å². The highest BCUT2D eigenvalue weighted by molar-refractivity contribution is 5.92. The zero-order valence-corrected chi connectivity index (χ0v) is 15.1. The Bertz CT molecular complexity index is 1280. The van der Waals surface area contributed by atoms with E-state index in [-0.39, 0.29) is 17.5 Å². The molecule has 4 nitrogen and oxygen atoms in total. The summed E-state index contributed by atoms with van der Waals surface area (Å²) in [6.07, 6.45) is 1.00. The predicted molar refractivity (Wildman–Crippen MR) is 106 cm³/mol. The summed E-state index contributed by atoms with van der Waals surface area (Å²) in [5, 5.41) is 8.41. The maximum Gasteiger partial charge on any atom is 0.341 e. The lowest BCUT2D eigenvalue weighted by molar-refractivity contribution is 0.0695. The summed E-state index contributed by atoms with van der Waals surface area (Å²) in [5.74, 6) is -3.24. The van der Waals surface area contributed by atoms with Crippen molar-refractivity contribution < 1.29 is 18.7 Å². The van der Waals surface area contributed by atoms with E-state index in [4.69, 9.17) is 5.11 Å². The second-order valence-corrected chi connectivity index (χ2v) is 6.66. The van der Waals surface area contributed by atoms with Crippen LogP contribution in [0.2, 0.25) is 0 Å². The average Bonchev–Trinajstić information content (AvgIpc) is 2.72. The molecule has 4 aromatic rings. The van der Waals surface area contributed by atoms with Gasteiger partial charge in [-0.25, -0.2) is 13.6 Å². The number of aromatic nitrogens is 1. The molecular formula is C23H15F2NO3. The standard InChI is InChI=1S/C23H15F2NO3/c24-18-11-16(20(25)21-19(18)22(27)17(12-26-21)23(28)29)10-13-6-8-15(9-7-13)14-4-2-1-3-5-14/h1-9,11-12H,10H2,(H,26,27)(H,28,29). The fourth-order valence-electron chi connectivity index (χ4n) is 3.33. The monoisotopic (exact) mass is 391 g/mol. The van der Waals surface area contributed by atoms with Crippen LogP contribution < -0.4 is 5.43 Å². The summed E-state index contributed by atoms with van der Waals surface area (Å²) in [6, 6.07) is 18.2. The van der Waals surface area contributed by atoms with E-state index in [1.165, 1.54) is 0 Å². The molecule has 2 N–H and O–H groups in total. The third-order valence-electron chi connectivity index (χ3n) is 4.81. The molecule has 0 fully saturated rings. The topological polar surface area (TPSA) is 70.2 Å². The summed E-state index contributed by atoms with van der Waals surface area (Å²) in [4.78, 5) is 25.7. The number of carbonyl (C=O) groups is 1. The summed E-state index contributed by atoms with van der Waals surface area (Å²) in [6.45, 7) is 0. The number of halogens is 2. The van der Waals surface area contributed by atoms with E-state index >= 15 is 0 Å². The summed E-state index contributed by atoms with van der Waals surface area (Å²) in [7, 11) is 0. The average molecular weight is 391 g/mol. The van der Waals surface area contributed by atoms with Crippen LogP contribution in [0, 0.1) is 11.6 Å². The van der Waals surface area contributed by atoms with E-state index in [1.54, 1.807) is 0 Å². The van der Waals surface area contributed by atoms with Crippen LogP contribution in [0.25, 0.3) is 22.0 Å². The molecule has 0 saturated heterocycles. The number of aromatic amines is 1. The van der Waals surface area contributed by atoms with Crippen molar-refractivity contribution in [2.75, 3.05) is 0 Å². The molecule has 0 aliphatic heterocycles. The quantitative estimate of drug-likeness (QED) is 0.527.